The van der Waals surface area contributed by atoms with Gasteiger partial charge < -0.3 is 0 Å². The molecule has 0 saturated carbocycles. The Morgan fingerprint density at radius 1 is 0.302 bits per heavy atom. The van der Waals surface area contributed by atoms with Gasteiger partial charge in [-0.15, -0.1) is 11.3 Å². The average Bonchev–Trinajstić information content (AvgIpc) is 3.63. The lowest BCUT2D eigenvalue weighted by atomic mass is 9.95. The highest BCUT2D eigenvalue weighted by Gasteiger charge is 2.17. The minimum atomic E-state index is 0.641. The van der Waals surface area contributed by atoms with Gasteiger partial charge in [0.05, 0.1) is 0 Å². The van der Waals surface area contributed by atoms with E-state index in [1.54, 1.807) is 11.3 Å². The Morgan fingerprint density at radius 2 is 0.811 bits per heavy atom. The number of nitrogens with zero attached hydrogens (tertiary/aromatic N) is 3. The van der Waals surface area contributed by atoms with Crippen LogP contribution in [0.25, 0.3) is 98.5 Å². The summed E-state index contributed by atoms with van der Waals surface area (Å²) in [5.74, 6) is 1.95. The molecule has 0 N–H and O–H groups in total. The van der Waals surface area contributed by atoms with Crippen LogP contribution in [-0.4, -0.2) is 15.0 Å². The SMILES string of the molecule is c1ccc(-c2ccc(-c3nc(-c4cccc(-c5cccc(-c6cccc7ccccc67)c5)c4)nc(-c4cccc5c4sc4ccccc45)n3)cc2)cc1. The van der Waals surface area contributed by atoms with Gasteiger partial charge in [0.1, 0.15) is 0 Å². The molecule has 8 aromatic carbocycles. The molecule has 0 aliphatic rings. The van der Waals surface area contributed by atoms with E-state index < -0.39 is 0 Å². The standard InChI is InChI=1S/C49H31N3S/c1-2-12-32(13-3-1)33-26-28-35(29-27-33)47-50-48(52-49(51-47)44-24-11-23-43-42-21-6-7-25-45(42)53-46(43)44)39-19-9-17-37(31-39)36-16-8-18-38(30-36)41-22-10-15-34-14-4-5-20-40(34)41/h1-31H. The van der Waals surface area contributed by atoms with Gasteiger partial charge in [-0.2, -0.15) is 0 Å². The highest BCUT2D eigenvalue weighted by atomic mass is 32.1. The predicted molar refractivity (Wildman–Crippen MR) is 223 cm³/mol. The average molecular weight is 694 g/mol. The minimum Gasteiger partial charge on any atom is -0.208 e. The zero-order valence-corrected chi connectivity index (χ0v) is 29.5. The Bertz CT molecular complexity index is 2940. The van der Waals surface area contributed by atoms with E-state index in [9.17, 15) is 0 Å². The van der Waals surface area contributed by atoms with Crippen molar-refractivity contribution in [2.45, 2.75) is 0 Å². The van der Waals surface area contributed by atoms with Crippen molar-refractivity contribution in [2.24, 2.45) is 0 Å². The van der Waals surface area contributed by atoms with Gasteiger partial charge in [-0.25, -0.2) is 15.0 Å². The summed E-state index contributed by atoms with van der Waals surface area (Å²) in [4.78, 5) is 15.5. The first-order valence-electron chi connectivity index (χ1n) is 17.8. The molecule has 0 saturated heterocycles. The van der Waals surface area contributed by atoms with E-state index >= 15 is 0 Å². The van der Waals surface area contributed by atoms with Gasteiger partial charge in [-0.05, 0) is 68.4 Å². The van der Waals surface area contributed by atoms with Crippen molar-refractivity contribution >= 4 is 42.3 Å². The summed E-state index contributed by atoms with van der Waals surface area (Å²) in [6, 6.07) is 66.4. The van der Waals surface area contributed by atoms with Gasteiger partial charge in [0.2, 0.25) is 0 Å². The summed E-state index contributed by atoms with van der Waals surface area (Å²) in [6.45, 7) is 0. The fraction of sp³-hybridized carbons (Fsp3) is 0. The molecule has 0 unspecified atom stereocenters. The van der Waals surface area contributed by atoms with Crippen molar-refractivity contribution in [1.29, 1.82) is 0 Å². The maximum atomic E-state index is 5.20. The monoisotopic (exact) mass is 693 g/mol. The van der Waals surface area contributed by atoms with E-state index in [1.807, 2.05) is 6.07 Å². The number of fused-ring (bicyclic) bond motifs is 4. The first-order valence-corrected chi connectivity index (χ1v) is 18.6. The third-order valence-electron chi connectivity index (χ3n) is 9.95. The van der Waals surface area contributed by atoms with E-state index in [0.717, 1.165) is 33.4 Å². The van der Waals surface area contributed by atoms with Crippen LogP contribution in [0.3, 0.4) is 0 Å². The lowest BCUT2D eigenvalue weighted by Gasteiger charge is -2.12. The summed E-state index contributed by atoms with van der Waals surface area (Å²) >= 11 is 1.79. The number of thiophene rings is 1. The Hall–Kier alpha value is -6.75. The summed E-state index contributed by atoms with van der Waals surface area (Å²) in [5, 5.41) is 4.95. The molecule has 4 heteroatoms. The summed E-state index contributed by atoms with van der Waals surface area (Å²) in [6.07, 6.45) is 0. The van der Waals surface area contributed by atoms with Crippen molar-refractivity contribution in [2.75, 3.05) is 0 Å². The van der Waals surface area contributed by atoms with Crippen LogP contribution in [0.4, 0.5) is 0 Å². The number of hydrogen-bond donors (Lipinski definition) is 0. The molecule has 53 heavy (non-hydrogen) atoms. The molecule has 10 rings (SSSR count). The van der Waals surface area contributed by atoms with Crippen LogP contribution in [0.15, 0.2) is 188 Å². The third-order valence-corrected chi connectivity index (χ3v) is 11.2. The Labute approximate surface area is 311 Å². The molecule has 2 aromatic heterocycles. The van der Waals surface area contributed by atoms with E-state index in [1.165, 1.54) is 47.6 Å². The maximum Gasteiger partial charge on any atom is 0.165 e. The van der Waals surface area contributed by atoms with Crippen LogP contribution < -0.4 is 0 Å². The Kier molecular flexibility index (Phi) is 7.67. The summed E-state index contributed by atoms with van der Waals surface area (Å²) in [7, 11) is 0. The topological polar surface area (TPSA) is 38.7 Å². The molecule has 0 spiro atoms. The normalized spacial score (nSPS) is 11.4. The molecule has 0 aliphatic carbocycles. The van der Waals surface area contributed by atoms with Crippen LogP contribution in [0.2, 0.25) is 0 Å². The molecule has 2 heterocycles. The predicted octanol–water partition coefficient (Wildman–Crippen LogP) is 13.4. The zero-order chi connectivity index (χ0) is 35.1. The summed E-state index contributed by atoms with van der Waals surface area (Å²) in [5.41, 5.74) is 9.86. The number of rotatable bonds is 6. The molecule has 0 atom stereocenters. The molecule has 0 fully saturated rings. The zero-order valence-electron chi connectivity index (χ0n) is 28.6. The number of aromatic nitrogens is 3. The molecule has 0 radical (unpaired) electrons. The van der Waals surface area contributed by atoms with Gasteiger partial charge in [0.25, 0.3) is 0 Å². The fourth-order valence-corrected chi connectivity index (χ4v) is 8.51. The smallest absolute Gasteiger partial charge is 0.165 e. The second-order valence-corrected chi connectivity index (χ2v) is 14.3. The van der Waals surface area contributed by atoms with Crippen LogP contribution in [-0.2, 0) is 0 Å². The molecule has 0 aliphatic heterocycles. The quantitative estimate of drug-likeness (QED) is 0.174. The van der Waals surface area contributed by atoms with Crippen molar-refractivity contribution in [3.63, 3.8) is 0 Å². The first-order chi connectivity index (χ1) is 26.2. The Morgan fingerprint density at radius 3 is 1.64 bits per heavy atom. The number of benzene rings is 8. The van der Waals surface area contributed by atoms with Gasteiger partial charge in [0.15, 0.2) is 17.5 Å². The fourth-order valence-electron chi connectivity index (χ4n) is 7.30. The highest BCUT2D eigenvalue weighted by Crippen LogP contribution is 2.40. The van der Waals surface area contributed by atoms with Crippen molar-refractivity contribution < 1.29 is 0 Å². The van der Waals surface area contributed by atoms with Crippen LogP contribution in [0.1, 0.15) is 0 Å². The molecular weight excluding hydrogens is 663 g/mol. The third kappa shape index (κ3) is 5.76. The van der Waals surface area contributed by atoms with E-state index in [-0.39, 0.29) is 0 Å². The van der Waals surface area contributed by atoms with Gasteiger partial charge >= 0.3 is 0 Å². The second kappa shape index (κ2) is 13.1. The Balaban J connectivity index is 1.11. The molecule has 10 aromatic rings. The second-order valence-electron chi connectivity index (χ2n) is 13.2. The first kappa shape index (κ1) is 31.0. The molecule has 0 bridgehead atoms. The summed E-state index contributed by atoms with van der Waals surface area (Å²) < 4.78 is 2.43. The molecule has 3 nitrogen and oxygen atoms in total. The maximum absolute atomic E-state index is 5.20. The van der Waals surface area contributed by atoms with Crippen molar-refractivity contribution in [3.05, 3.63) is 188 Å². The lowest BCUT2D eigenvalue weighted by molar-refractivity contribution is 1.08. The molecule has 248 valence electrons. The lowest BCUT2D eigenvalue weighted by Crippen LogP contribution is -2.00. The highest BCUT2D eigenvalue weighted by molar-refractivity contribution is 7.26. The van der Waals surface area contributed by atoms with Crippen LogP contribution >= 0.6 is 11.3 Å². The van der Waals surface area contributed by atoms with E-state index in [0.29, 0.717) is 17.5 Å². The van der Waals surface area contributed by atoms with Gasteiger partial charge in [-0.1, -0.05) is 164 Å². The minimum absolute atomic E-state index is 0.641. The molecule has 0 amide bonds. The van der Waals surface area contributed by atoms with E-state index in [4.69, 9.17) is 15.0 Å². The van der Waals surface area contributed by atoms with Gasteiger partial charge in [0, 0.05) is 36.9 Å². The largest absolute Gasteiger partial charge is 0.208 e. The van der Waals surface area contributed by atoms with Crippen molar-refractivity contribution in [1.82, 2.24) is 15.0 Å². The van der Waals surface area contributed by atoms with Crippen LogP contribution in [0, 0.1) is 0 Å². The van der Waals surface area contributed by atoms with Crippen molar-refractivity contribution in [3.8, 4) is 67.5 Å². The molecular formula is C49H31N3S. The van der Waals surface area contributed by atoms with Gasteiger partial charge in [-0.3, -0.25) is 0 Å². The van der Waals surface area contributed by atoms with E-state index in [2.05, 4.69) is 182 Å². The number of hydrogen-bond acceptors (Lipinski definition) is 4. The van der Waals surface area contributed by atoms with Crippen LogP contribution in [0.5, 0.6) is 0 Å².